The lowest BCUT2D eigenvalue weighted by molar-refractivity contribution is -0.152. The average molecular weight is 229 g/mol. The van der Waals surface area contributed by atoms with E-state index in [9.17, 15) is 4.79 Å². The molecule has 0 saturated carbocycles. The van der Waals surface area contributed by atoms with E-state index in [1.807, 2.05) is 7.05 Å². The highest BCUT2D eigenvalue weighted by atomic mass is 16.5. The summed E-state index contributed by atoms with van der Waals surface area (Å²) in [6.07, 6.45) is 3.83. The quantitative estimate of drug-likeness (QED) is 0.650. The topological polar surface area (TPSA) is 38.3 Å². The lowest BCUT2D eigenvalue weighted by atomic mass is 10.0. The third-order valence-electron chi connectivity index (χ3n) is 2.69. The number of hydrogen-bond acceptors (Lipinski definition) is 3. The van der Waals surface area contributed by atoms with Gasteiger partial charge in [-0.05, 0) is 32.2 Å². The smallest absolute Gasteiger partial charge is 0.323 e. The van der Waals surface area contributed by atoms with E-state index in [0.29, 0.717) is 5.92 Å². The molecular formula is C13H27NO2. The highest BCUT2D eigenvalue weighted by Gasteiger charge is 2.21. The fourth-order valence-corrected chi connectivity index (χ4v) is 1.72. The molecule has 0 heterocycles. The number of carbonyl (C=O) groups is 1. The highest BCUT2D eigenvalue weighted by molar-refractivity contribution is 5.75. The van der Waals surface area contributed by atoms with Crippen LogP contribution in [0, 0.1) is 5.92 Å². The van der Waals surface area contributed by atoms with E-state index in [4.69, 9.17) is 4.74 Å². The minimum absolute atomic E-state index is 0.0838. The predicted octanol–water partition coefficient (Wildman–Crippen LogP) is 2.74. The third kappa shape index (κ3) is 6.11. The summed E-state index contributed by atoms with van der Waals surface area (Å²) in [4.78, 5) is 11.9. The van der Waals surface area contributed by atoms with Gasteiger partial charge in [0, 0.05) is 0 Å². The number of rotatable bonds is 8. The molecule has 0 fully saturated rings. The maximum absolute atomic E-state index is 11.9. The molecule has 1 unspecified atom stereocenters. The second-order valence-corrected chi connectivity index (χ2v) is 4.73. The Kier molecular flexibility index (Phi) is 8.26. The molecule has 0 aromatic heterocycles. The normalized spacial score (nSPS) is 14.9. The minimum atomic E-state index is -0.161. The van der Waals surface area contributed by atoms with Crippen LogP contribution in [0.4, 0.5) is 0 Å². The van der Waals surface area contributed by atoms with Gasteiger partial charge in [0.25, 0.3) is 0 Å². The van der Waals surface area contributed by atoms with E-state index < -0.39 is 0 Å². The van der Waals surface area contributed by atoms with Crippen molar-refractivity contribution in [2.75, 3.05) is 7.05 Å². The van der Waals surface area contributed by atoms with Crippen LogP contribution < -0.4 is 5.32 Å². The van der Waals surface area contributed by atoms with E-state index in [1.165, 1.54) is 0 Å². The van der Waals surface area contributed by atoms with Crippen LogP contribution in [-0.2, 0) is 9.53 Å². The molecule has 1 N–H and O–H groups in total. The second-order valence-electron chi connectivity index (χ2n) is 4.73. The van der Waals surface area contributed by atoms with E-state index in [1.54, 1.807) is 0 Å². The lowest BCUT2D eigenvalue weighted by Gasteiger charge is -2.21. The van der Waals surface area contributed by atoms with Crippen molar-refractivity contribution in [2.45, 2.75) is 65.5 Å². The molecule has 0 aliphatic carbocycles. The van der Waals surface area contributed by atoms with Crippen LogP contribution in [0.1, 0.15) is 53.4 Å². The van der Waals surface area contributed by atoms with Crippen LogP contribution in [-0.4, -0.2) is 25.2 Å². The monoisotopic (exact) mass is 229 g/mol. The molecule has 96 valence electrons. The average Bonchev–Trinajstić information content (AvgIpc) is 2.24. The predicted molar refractivity (Wildman–Crippen MR) is 67.4 cm³/mol. The molecule has 2 atom stereocenters. The van der Waals surface area contributed by atoms with Crippen molar-refractivity contribution in [1.82, 2.24) is 5.32 Å². The molecule has 16 heavy (non-hydrogen) atoms. The summed E-state index contributed by atoms with van der Waals surface area (Å²) in [5, 5.41) is 3.03. The number of hydrogen-bond donors (Lipinski definition) is 1. The zero-order valence-corrected chi connectivity index (χ0v) is 11.4. The molecule has 0 amide bonds. The van der Waals surface area contributed by atoms with Gasteiger partial charge in [0.15, 0.2) is 0 Å². The summed E-state index contributed by atoms with van der Waals surface area (Å²) in [6.45, 7) is 8.40. The summed E-state index contributed by atoms with van der Waals surface area (Å²) >= 11 is 0. The first-order valence-corrected chi connectivity index (χ1v) is 6.42. The molecule has 3 heteroatoms. The van der Waals surface area contributed by atoms with Crippen LogP contribution in [0.5, 0.6) is 0 Å². The molecule has 0 aliphatic rings. The van der Waals surface area contributed by atoms with Gasteiger partial charge in [-0.3, -0.25) is 4.79 Å². The Balaban J connectivity index is 4.17. The van der Waals surface area contributed by atoms with Gasteiger partial charge in [-0.1, -0.05) is 34.1 Å². The minimum Gasteiger partial charge on any atom is -0.461 e. The SMILES string of the molecule is CCCC(CC)OC(=O)[C@H](CC(C)C)NC. The van der Waals surface area contributed by atoms with Gasteiger partial charge in [0.05, 0.1) is 0 Å². The first-order valence-electron chi connectivity index (χ1n) is 6.42. The van der Waals surface area contributed by atoms with Gasteiger partial charge in [-0.15, -0.1) is 0 Å². The largest absolute Gasteiger partial charge is 0.461 e. The third-order valence-corrected chi connectivity index (χ3v) is 2.69. The van der Waals surface area contributed by atoms with Gasteiger partial charge >= 0.3 is 5.97 Å². The summed E-state index contributed by atoms with van der Waals surface area (Å²) in [5.41, 5.74) is 0. The summed E-state index contributed by atoms with van der Waals surface area (Å²) in [5.74, 6) is 0.396. The Morgan fingerprint density at radius 1 is 1.31 bits per heavy atom. The van der Waals surface area contributed by atoms with Crippen LogP contribution in [0.2, 0.25) is 0 Å². The van der Waals surface area contributed by atoms with Crippen LogP contribution in [0.25, 0.3) is 0 Å². The molecule has 0 bridgehead atoms. The summed E-state index contributed by atoms with van der Waals surface area (Å²) < 4.78 is 5.49. The number of esters is 1. The molecule has 0 saturated heterocycles. The van der Waals surface area contributed by atoms with Crippen molar-refractivity contribution in [2.24, 2.45) is 5.92 Å². The fraction of sp³-hybridized carbons (Fsp3) is 0.923. The van der Waals surface area contributed by atoms with Crippen molar-refractivity contribution < 1.29 is 9.53 Å². The van der Waals surface area contributed by atoms with Crippen LogP contribution in [0.15, 0.2) is 0 Å². The molecule has 0 aromatic rings. The molecule has 3 nitrogen and oxygen atoms in total. The first-order chi connectivity index (χ1) is 7.54. The molecule has 0 spiro atoms. The first kappa shape index (κ1) is 15.4. The Morgan fingerprint density at radius 3 is 2.31 bits per heavy atom. The van der Waals surface area contributed by atoms with E-state index in [0.717, 1.165) is 25.7 Å². The lowest BCUT2D eigenvalue weighted by Crippen LogP contribution is -2.38. The van der Waals surface area contributed by atoms with Crippen molar-refractivity contribution in [3.05, 3.63) is 0 Å². The van der Waals surface area contributed by atoms with Crippen molar-refractivity contribution in [3.63, 3.8) is 0 Å². The summed E-state index contributed by atoms with van der Waals surface area (Å²) in [7, 11) is 1.81. The van der Waals surface area contributed by atoms with Crippen molar-refractivity contribution in [3.8, 4) is 0 Å². The highest BCUT2D eigenvalue weighted by Crippen LogP contribution is 2.11. The molecule has 0 aliphatic heterocycles. The van der Waals surface area contributed by atoms with Gasteiger partial charge in [-0.25, -0.2) is 0 Å². The zero-order chi connectivity index (χ0) is 12.6. The Labute approximate surface area is 99.9 Å². The van der Waals surface area contributed by atoms with Crippen molar-refractivity contribution >= 4 is 5.97 Å². The van der Waals surface area contributed by atoms with Gasteiger partial charge in [0.2, 0.25) is 0 Å². The Morgan fingerprint density at radius 2 is 1.94 bits per heavy atom. The Bertz CT molecular complexity index is 192. The fourth-order valence-electron chi connectivity index (χ4n) is 1.72. The number of likely N-dealkylation sites (N-methyl/N-ethyl adjacent to an activating group) is 1. The zero-order valence-electron chi connectivity index (χ0n) is 11.4. The number of nitrogens with one attached hydrogen (secondary N) is 1. The number of ether oxygens (including phenoxy) is 1. The molecule has 0 rings (SSSR count). The Hall–Kier alpha value is -0.570. The van der Waals surface area contributed by atoms with Gasteiger partial charge in [-0.2, -0.15) is 0 Å². The number of carbonyl (C=O) groups excluding carboxylic acids is 1. The van der Waals surface area contributed by atoms with Crippen LogP contribution in [0.3, 0.4) is 0 Å². The maximum Gasteiger partial charge on any atom is 0.323 e. The van der Waals surface area contributed by atoms with E-state index in [-0.39, 0.29) is 18.1 Å². The van der Waals surface area contributed by atoms with Gasteiger partial charge in [0.1, 0.15) is 12.1 Å². The standard InChI is InChI=1S/C13H27NO2/c1-6-8-11(7-2)16-13(15)12(14-5)9-10(3)4/h10-12,14H,6-9H2,1-5H3/t11?,12-/m0/s1. The molecular weight excluding hydrogens is 202 g/mol. The van der Waals surface area contributed by atoms with E-state index in [2.05, 4.69) is 33.0 Å². The molecule has 0 aromatic carbocycles. The maximum atomic E-state index is 11.9. The van der Waals surface area contributed by atoms with Crippen molar-refractivity contribution in [1.29, 1.82) is 0 Å². The second kappa shape index (κ2) is 8.57. The summed E-state index contributed by atoms with van der Waals surface area (Å²) in [6, 6.07) is -0.161. The van der Waals surface area contributed by atoms with Crippen LogP contribution >= 0.6 is 0 Å². The molecule has 0 radical (unpaired) electrons. The van der Waals surface area contributed by atoms with E-state index >= 15 is 0 Å². The van der Waals surface area contributed by atoms with Gasteiger partial charge < -0.3 is 10.1 Å².